The first kappa shape index (κ1) is 11.7. The van der Waals surface area contributed by atoms with E-state index in [-0.39, 0.29) is 11.7 Å². The van der Waals surface area contributed by atoms with Gasteiger partial charge in [0.1, 0.15) is 0 Å². The summed E-state index contributed by atoms with van der Waals surface area (Å²) in [5, 5.41) is 6.33. The Hall–Kier alpha value is -1.82. The molecule has 1 heterocycles. The Morgan fingerprint density at radius 3 is 2.88 bits per heavy atom. The average Bonchev–Trinajstić information content (AvgIpc) is 2.70. The predicted octanol–water partition coefficient (Wildman–Crippen LogP) is 2.58. The number of carbonyl (C=O) groups excluding carboxylic acids is 1. The highest BCUT2D eigenvalue weighted by Crippen LogP contribution is 2.25. The van der Waals surface area contributed by atoms with Gasteiger partial charge < -0.3 is 15.6 Å². The molecule has 1 aromatic heterocycles. The van der Waals surface area contributed by atoms with Crippen LogP contribution in [0.15, 0.2) is 33.3 Å². The number of nitrogens with zero attached hydrogens (tertiary/aromatic N) is 1. The molecule has 1 aromatic carbocycles. The van der Waals surface area contributed by atoms with E-state index < -0.39 is 0 Å². The fourth-order valence-corrected chi connectivity index (χ4v) is 1.64. The molecular weight excluding hydrogens is 286 g/mol. The topological polar surface area (TPSA) is 81.2 Å². The molecule has 0 spiro atoms. The summed E-state index contributed by atoms with van der Waals surface area (Å²) in [7, 11) is 0. The van der Waals surface area contributed by atoms with Crippen molar-refractivity contribution in [3.8, 4) is 0 Å². The number of aromatic nitrogens is 1. The Balaban J connectivity index is 2.21. The highest BCUT2D eigenvalue weighted by molar-refractivity contribution is 9.10. The van der Waals surface area contributed by atoms with Gasteiger partial charge in [0.2, 0.25) is 5.76 Å². The van der Waals surface area contributed by atoms with Crippen molar-refractivity contribution in [1.82, 2.24) is 5.16 Å². The maximum absolute atomic E-state index is 11.8. The minimum absolute atomic E-state index is 0.164. The molecule has 0 saturated carbocycles. The fraction of sp³-hybridized carbons (Fsp3) is 0.0909. The summed E-state index contributed by atoms with van der Waals surface area (Å²) >= 11 is 3.32. The molecule has 1 amide bonds. The Labute approximate surface area is 106 Å². The second-order valence-corrected chi connectivity index (χ2v) is 4.38. The SMILES string of the molecule is Cc1cc(C(=O)Nc2cc(N)ccc2Br)on1. The van der Waals surface area contributed by atoms with E-state index in [1.807, 2.05) is 0 Å². The number of benzene rings is 1. The van der Waals surface area contributed by atoms with Crippen LogP contribution in [-0.4, -0.2) is 11.1 Å². The van der Waals surface area contributed by atoms with E-state index in [0.717, 1.165) is 4.47 Å². The van der Waals surface area contributed by atoms with Crippen molar-refractivity contribution in [1.29, 1.82) is 0 Å². The molecule has 6 heteroatoms. The molecule has 0 unspecified atom stereocenters. The van der Waals surface area contributed by atoms with Crippen LogP contribution in [0.3, 0.4) is 0 Å². The van der Waals surface area contributed by atoms with Crippen LogP contribution in [0.25, 0.3) is 0 Å². The van der Waals surface area contributed by atoms with E-state index in [0.29, 0.717) is 17.1 Å². The highest BCUT2D eigenvalue weighted by Gasteiger charge is 2.13. The third kappa shape index (κ3) is 2.65. The number of amides is 1. The number of rotatable bonds is 2. The van der Waals surface area contributed by atoms with Crippen molar-refractivity contribution < 1.29 is 9.32 Å². The molecule has 0 aliphatic rings. The van der Waals surface area contributed by atoms with Gasteiger partial charge in [-0.25, -0.2) is 0 Å². The molecule has 0 saturated heterocycles. The second-order valence-electron chi connectivity index (χ2n) is 3.53. The number of nitrogens with two attached hydrogens (primary N) is 1. The van der Waals surface area contributed by atoms with Gasteiger partial charge in [-0.2, -0.15) is 0 Å². The maximum atomic E-state index is 11.8. The molecule has 0 atom stereocenters. The number of aryl methyl sites for hydroxylation is 1. The monoisotopic (exact) mass is 295 g/mol. The number of carbonyl (C=O) groups is 1. The van der Waals surface area contributed by atoms with Gasteiger partial charge in [-0.3, -0.25) is 4.79 Å². The van der Waals surface area contributed by atoms with E-state index in [1.54, 1.807) is 31.2 Å². The molecular formula is C11H10BrN3O2. The number of nitrogens with one attached hydrogen (secondary N) is 1. The molecule has 2 aromatic rings. The Kier molecular flexibility index (Phi) is 3.14. The van der Waals surface area contributed by atoms with Gasteiger partial charge in [-0.05, 0) is 41.1 Å². The molecule has 0 radical (unpaired) electrons. The Morgan fingerprint density at radius 1 is 1.47 bits per heavy atom. The standard InChI is InChI=1S/C11H10BrN3O2/c1-6-4-10(17-15-6)11(16)14-9-5-7(13)2-3-8(9)12/h2-5H,13H2,1H3,(H,14,16). The lowest BCUT2D eigenvalue weighted by Gasteiger charge is -2.06. The van der Waals surface area contributed by atoms with Gasteiger partial charge in [0, 0.05) is 16.2 Å². The molecule has 17 heavy (non-hydrogen) atoms. The quantitative estimate of drug-likeness (QED) is 0.835. The Bertz CT molecular complexity index is 566. The number of halogens is 1. The van der Waals surface area contributed by atoms with Gasteiger partial charge >= 0.3 is 0 Å². The average molecular weight is 296 g/mol. The van der Waals surface area contributed by atoms with Crippen molar-refractivity contribution in [2.24, 2.45) is 0 Å². The molecule has 0 aliphatic heterocycles. The zero-order chi connectivity index (χ0) is 12.4. The summed E-state index contributed by atoms with van der Waals surface area (Å²) in [5.41, 5.74) is 7.45. The summed E-state index contributed by atoms with van der Waals surface area (Å²) in [6.45, 7) is 1.75. The van der Waals surface area contributed by atoms with Crippen molar-refractivity contribution in [2.75, 3.05) is 11.1 Å². The first-order valence-electron chi connectivity index (χ1n) is 4.86. The lowest BCUT2D eigenvalue weighted by Crippen LogP contribution is -2.11. The number of nitrogen functional groups attached to an aromatic ring is 1. The maximum Gasteiger partial charge on any atom is 0.294 e. The van der Waals surface area contributed by atoms with Gasteiger partial charge in [0.05, 0.1) is 11.4 Å². The second kappa shape index (κ2) is 4.58. The van der Waals surface area contributed by atoms with Crippen LogP contribution >= 0.6 is 15.9 Å². The molecule has 0 bridgehead atoms. The molecule has 88 valence electrons. The summed E-state index contributed by atoms with van der Waals surface area (Å²) in [6, 6.07) is 6.72. The largest absolute Gasteiger partial charge is 0.399 e. The van der Waals surface area contributed by atoms with Crippen molar-refractivity contribution >= 4 is 33.2 Å². The van der Waals surface area contributed by atoms with Crippen LogP contribution in [0.4, 0.5) is 11.4 Å². The van der Waals surface area contributed by atoms with Gasteiger partial charge in [0.25, 0.3) is 5.91 Å². The predicted molar refractivity (Wildman–Crippen MR) is 67.7 cm³/mol. The third-order valence-electron chi connectivity index (χ3n) is 2.09. The number of hydrogen-bond acceptors (Lipinski definition) is 4. The minimum atomic E-state index is -0.364. The zero-order valence-electron chi connectivity index (χ0n) is 9.03. The van der Waals surface area contributed by atoms with E-state index in [9.17, 15) is 4.79 Å². The molecule has 3 N–H and O–H groups in total. The summed E-state index contributed by atoms with van der Waals surface area (Å²) in [6.07, 6.45) is 0. The van der Waals surface area contributed by atoms with Crippen molar-refractivity contribution in [2.45, 2.75) is 6.92 Å². The van der Waals surface area contributed by atoms with Crippen LogP contribution in [0.1, 0.15) is 16.2 Å². The minimum Gasteiger partial charge on any atom is -0.399 e. The van der Waals surface area contributed by atoms with Crippen molar-refractivity contribution in [3.05, 3.63) is 40.2 Å². The van der Waals surface area contributed by atoms with Crippen molar-refractivity contribution in [3.63, 3.8) is 0 Å². The fourth-order valence-electron chi connectivity index (χ4n) is 1.29. The van der Waals surface area contributed by atoms with E-state index in [1.165, 1.54) is 0 Å². The molecule has 0 aliphatic carbocycles. The first-order chi connectivity index (χ1) is 8.06. The van der Waals surface area contributed by atoms with Gasteiger partial charge in [-0.15, -0.1) is 0 Å². The van der Waals surface area contributed by atoms with Gasteiger partial charge in [0.15, 0.2) is 0 Å². The molecule has 2 rings (SSSR count). The number of anilines is 2. The summed E-state index contributed by atoms with van der Waals surface area (Å²) in [4.78, 5) is 11.8. The van der Waals surface area contributed by atoms with Crippen LogP contribution in [0.2, 0.25) is 0 Å². The van der Waals surface area contributed by atoms with Crippen LogP contribution in [-0.2, 0) is 0 Å². The summed E-state index contributed by atoms with van der Waals surface area (Å²) < 4.78 is 5.61. The zero-order valence-corrected chi connectivity index (χ0v) is 10.6. The molecule has 5 nitrogen and oxygen atoms in total. The van der Waals surface area contributed by atoms with E-state index in [4.69, 9.17) is 10.3 Å². The number of hydrogen-bond donors (Lipinski definition) is 2. The van der Waals surface area contributed by atoms with E-state index >= 15 is 0 Å². The highest BCUT2D eigenvalue weighted by atomic mass is 79.9. The van der Waals surface area contributed by atoms with E-state index in [2.05, 4.69) is 26.4 Å². The Morgan fingerprint density at radius 2 is 2.24 bits per heavy atom. The lowest BCUT2D eigenvalue weighted by atomic mass is 10.2. The summed E-state index contributed by atoms with van der Waals surface area (Å²) in [5.74, 6) is -0.200. The third-order valence-corrected chi connectivity index (χ3v) is 2.78. The van der Waals surface area contributed by atoms with Crippen LogP contribution < -0.4 is 11.1 Å². The van der Waals surface area contributed by atoms with Crippen LogP contribution in [0.5, 0.6) is 0 Å². The normalized spacial score (nSPS) is 10.2. The smallest absolute Gasteiger partial charge is 0.294 e. The van der Waals surface area contributed by atoms with Crippen LogP contribution in [0, 0.1) is 6.92 Å². The first-order valence-corrected chi connectivity index (χ1v) is 5.65. The molecule has 0 fully saturated rings. The van der Waals surface area contributed by atoms with Gasteiger partial charge in [-0.1, -0.05) is 5.16 Å². The lowest BCUT2D eigenvalue weighted by molar-refractivity contribution is 0.0988.